The molecule has 0 aliphatic carbocycles. The minimum Gasteiger partial charge on any atom is -0.496 e. The molecule has 0 amide bonds. The minimum atomic E-state index is -0.702. The van der Waals surface area contributed by atoms with Crippen molar-refractivity contribution in [3.8, 4) is 17.2 Å². The van der Waals surface area contributed by atoms with Gasteiger partial charge in [-0.05, 0) is 71.2 Å². The number of fused-ring (bicyclic) bond motifs is 2. The van der Waals surface area contributed by atoms with Crippen molar-refractivity contribution in [2.24, 2.45) is 4.99 Å². The van der Waals surface area contributed by atoms with Gasteiger partial charge in [0.2, 0.25) is 6.79 Å². The number of rotatable bonds is 5. The molecule has 0 saturated heterocycles. The molecule has 0 unspecified atom stereocenters. The van der Waals surface area contributed by atoms with Crippen LogP contribution in [0.4, 0.5) is 0 Å². The van der Waals surface area contributed by atoms with Crippen LogP contribution in [0.25, 0.3) is 6.08 Å². The molecule has 0 spiro atoms. The van der Waals surface area contributed by atoms with Crippen LogP contribution in [0.3, 0.4) is 0 Å². The molecule has 8 nitrogen and oxygen atoms in total. The summed E-state index contributed by atoms with van der Waals surface area (Å²) in [6, 6.07) is 10.3. The summed E-state index contributed by atoms with van der Waals surface area (Å²) >= 11 is 4.78. The molecule has 35 heavy (non-hydrogen) atoms. The molecule has 1 aromatic heterocycles. The SMILES string of the molecule is CCOC(=O)C1=C(C)N=c2s/c(=C\c3ccc4c(c3)OCO4)c(=O)n2[C@H]1c1ccc(OC)c(Br)c1. The topological polar surface area (TPSA) is 88.4 Å². The number of aromatic nitrogens is 1. The number of hydrogen-bond acceptors (Lipinski definition) is 8. The fourth-order valence-corrected chi connectivity index (χ4v) is 5.72. The number of nitrogens with zero attached hydrogens (tertiary/aromatic N) is 2. The van der Waals surface area contributed by atoms with Gasteiger partial charge in [0.05, 0.1) is 40.0 Å². The van der Waals surface area contributed by atoms with E-state index >= 15 is 0 Å². The molecule has 0 bridgehead atoms. The van der Waals surface area contributed by atoms with Gasteiger partial charge in [-0.2, -0.15) is 0 Å². The molecule has 2 aliphatic rings. The number of hydrogen-bond donors (Lipinski definition) is 0. The van der Waals surface area contributed by atoms with E-state index in [0.29, 0.717) is 42.3 Å². The molecule has 0 radical (unpaired) electrons. The predicted molar refractivity (Wildman–Crippen MR) is 134 cm³/mol. The highest BCUT2D eigenvalue weighted by atomic mass is 79.9. The van der Waals surface area contributed by atoms with Gasteiger partial charge in [0.25, 0.3) is 5.56 Å². The van der Waals surface area contributed by atoms with Gasteiger partial charge in [0.1, 0.15) is 5.75 Å². The Balaban J connectivity index is 1.70. The molecular weight excluding hydrogens is 536 g/mol. The Hall–Kier alpha value is -3.37. The monoisotopic (exact) mass is 556 g/mol. The second-order valence-corrected chi connectivity index (χ2v) is 9.67. The first-order valence-corrected chi connectivity index (χ1v) is 12.4. The number of allylic oxidation sites excluding steroid dienone is 1. The number of methoxy groups -OCH3 is 1. The van der Waals surface area contributed by atoms with E-state index in [-0.39, 0.29) is 19.0 Å². The van der Waals surface area contributed by atoms with Crippen LogP contribution < -0.4 is 29.1 Å². The highest BCUT2D eigenvalue weighted by Gasteiger charge is 2.33. The maximum atomic E-state index is 13.7. The smallest absolute Gasteiger partial charge is 0.338 e. The van der Waals surface area contributed by atoms with E-state index in [0.717, 1.165) is 11.1 Å². The van der Waals surface area contributed by atoms with Crippen molar-refractivity contribution in [1.29, 1.82) is 0 Å². The highest BCUT2D eigenvalue weighted by molar-refractivity contribution is 9.10. The first-order chi connectivity index (χ1) is 16.9. The maximum Gasteiger partial charge on any atom is 0.338 e. The van der Waals surface area contributed by atoms with Crippen molar-refractivity contribution < 1.29 is 23.7 Å². The van der Waals surface area contributed by atoms with Crippen LogP contribution in [-0.4, -0.2) is 31.0 Å². The Bertz CT molecular complexity index is 1550. The summed E-state index contributed by atoms with van der Waals surface area (Å²) in [6.07, 6.45) is 1.79. The van der Waals surface area contributed by atoms with E-state index in [1.807, 2.05) is 30.3 Å². The lowest BCUT2D eigenvalue weighted by molar-refractivity contribution is -0.139. The van der Waals surface area contributed by atoms with E-state index in [9.17, 15) is 9.59 Å². The summed E-state index contributed by atoms with van der Waals surface area (Å²) in [5.41, 5.74) is 2.11. The number of esters is 1. The predicted octanol–water partition coefficient (Wildman–Crippen LogP) is 3.30. The van der Waals surface area contributed by atoms with Crippen molar-refractivity contribution in [3.63, 3.8) is 0 Å². The van der Waals surface area contributed by atoms with Crippen molar-refractivity contribution in [3.05, 3.63) is 83.0 Å². The van der Waals surface area contributed by atoms with Gasteiger partial charge in [-0.25, -0.2) is 9.79 Å². The molecule has 1 atom stereocenters. The molecule has 2 aliphatic heterocycles. The quantitative estimate of drug-likeness (QED) is 0.448. The van der Waals surface area contributed by atoms with E-state index in [4.69, 9.17) is 18.9 Å². The van der Waals surface area contributed by atoms with Crippen molar-refractivity contribution in [2.45, 2.75) is 19.9 Å². The second kappa shape index (κ2) is 9.35. The zero-order valence-corrected chi connectivity index (χ0v) is 21.6. The molecule has 3 aromatic rings. The molecule has 10 heteroatoms. The summed E-state index contributed by atoms with van der Waals surface area (Å²) in [5, 5.41) is 0. The highest BCUT2D eigenvalue weighted by Crippen LogP contribution is 2.35. The molecular formula is C25H21BrN2O6S. The van der Waals surface area contributed by atoms with E-state index in [1.54, 1.807) is 37.7 Å². The van der Waals surface area contributed by atoms with E-state index in [2.05, 4.69) is 20.9 Å². The summed E-state index contributed by atoms with van der Waals surface area (Å²) in [4.78, 5) is 31.8. The fourth-order valence-electron chi connectivity index (χ4n) is 4.11. The Labute approximate surface area is 212 Å². The summed E-state index contributed by atoms with van der Waals surface area (Å²) in [7, 11) is 1.58. The average molecular weight is 557 g/mol. The number of thiazole rings is 1. The van der Waals surface area contributed by atoms with Crippen molar-refractivity contribution in [2.75, 3.05) is 20.5 Å². The van der Waals surface area contributed by atoms with Gasteiger partial charge in [0.15, 0.2) is 16.3 Å². The maximum absolute atomic E-state index is 13.7. The molecule has 0 N–H and O–H groups in total. The Morgan fingerprint density at radius 3 is 2.80 bits per heavy atom. The van der Waals surface area contributed by atoms with E-state index in [1.165, 1.54) is 11.3 Å². The molecule has 5 rings (SSSR count). The normalized spacial score (nSPS) is 16.7. The van der Waals surface area contributed by atoms with Gasteiger partial charge in [-0.1, -0.05) is 23.5 Å². The molecule has 2 aromatic carbocycles. The zero-order chi connectivity index (χ0) is 24.7. The lowest BCUT2D eigenvalue weighted by atomic mass is 9.96. The molecule has 0 fully saturated rings. The molecule has 0 saturated carbocycles. The number of benzene rings is 2. The van der Waals surface area contributed by atoms with E-state index < -0.39 is 12.0 Å². The first-order valence-electron chi connectivity index (χ1n) is 10.8. The summed E-state index contributed by atoms with van der Waals surface area (Å²) in [5.74, 6) is 1.44. The van der Waals surface area contributed by atoms with Crippen LogP contribution in [0.2, 0.25) is 0 Å². The van der Waals surface area contributed by atoms with Crippen LogP contribution >= 0.6 is 27.3 Å². The Morgan fingerprint density at radius 1 is 1.26 bits per heavy atom. The van der Waals surface area contributed by atoms with Gasteiger partial charge >= 0.3 is 5.97 Å². The largest absolute Gasteiger partial charge is 0.496 e. The fraction of sp³-hybridized carbons (Fsp3) is 0.240. The molecule has 3 heterocycles. The third-order valence-corrected chi connectivity index (χ3v) is 7.31. The zero-order valence-electron chi connectivity index (χ0n) is 19.2. The van der Waals surface area contributed by atoms with Gasteiger partial charge < -0.3 is 18.9 Å². The van der Waals surface area contributed by atoms with Crippen LogP contribution in [0, 0.1) is 0 Å². The van der Waals surface area contributed by atoms with Gasteiger partial charge in [0, 0.05) is 0 Å². The lowest BCUT2D eigenvalue weighted by Gasteiger charge is -2.25. The third kappa shape index (κ3) is 4.17. The summed E-state index contributed by atoms with van der Waals surface area (Å²) in [6.45, 7) is 3.89. The average Bonchev–Trinajstić information content (AvgIpc) is 3.42. The van der Waals surface area contributed by atoms with Crippen LogP contribution in [0.5, 0.6) is 17.2 Å². The number of ether oxygens (including phenoxy) is 4. The number of carbonyl (C=O) groups excluding carboxylic acids is 1. The number of halogens is 1. The molecule has 180 valence electrons. The van der Waals surface area contributed by atoms with Crippen molar-refractivity contribution >= 4 is 39.3 Å². The lowest BCUT2D eigenvalue weighted by Crippen LogP contribution is -2.39. The van der Waals surface area contributed by atoms with Gasteiger partial charge in [-0.15, -0.1) is 0 Å². The Kier molecular flexibility index (Phi) is 6.24. The van der Waals surface area contributed by atoms with Crippen LogP contribution in [-0.2, 0) is 9.53 Å². The van der Waals surface area contributed by atoms with Crippen molar-refractivity contribution in [1.82, 2.24) is 4.57 Å². The van der Waals surface area contributed by atoms with Gasteiger partial charge in [-0.3, -0.25) is 9.36 Å². The van der Waals surface area contributed by atoms with Crippen LogP contribution in [0.15, 0.2) is 61.9 Å². The third-order valence-electron chi connectivity index (χ3n) is 5.70. The number of carbonyl (C=O) groups is 1. The minimum absolute atomic E-state index is 0.175. The Morgan fingerprint density at radius 2 is 2.06 bits per heavy atom. The second-order valence-electron chi connectivity index (χ2n) is 7.81. The first kappa shape index (κ1) is 23.4. The summed E-state index contributed by atoms with van der Waals surface area (Å²) < 4.78 is 24.3. The van der Waals surface area contributed by atoms with Crippen LogP contribution in [0.1, 0.15) is 31.0 Å². The standard InChI is InChI=1S/C25H21BrN2O6S/c1-4-32-24(30)21-13(2)27-25-28(22(21)15-6-8-17(31-3)16(26)11-15)23(29)20(35-25)10-14-5-7-18-19(9-14)34-12-33-18/h5-11,22H,4,12H2,1-3H3/b20-10-/t22-/m0/s1.